The maximum Gasteiger partial charge on any atom is 0.00954 e. The fraction of sp³-hybridized carbons (Fsp3) is 1.00. The first kappa shape index (κ1) is 10.1. The Kier molecular flexibility index (Phi) is 2.76. The van der Waals surface area contributed by atoms with Gasteiger partial charge in [0.2, 0.25) is 0 Å². The summed E-state index contributed by atoms with van der Waals surface area (Å²) in [5.41, 5.74) is 0. The van der Waals surface area contributed by atoms with Crippen LogP contribution in [0, 0.1) is 23.7 Å². The Hall–Kier alpha value is -0.0400. The largest absolute Gasteiger partial charge is 0.314 e. The Morgan fingerprint density at radius 1 is 1.13 bits per heavy atom. The molecule has 2 aliphatic carbocycles. The van der Waals surface area contributed by atoms with Crippen molar-refractivity contribution in [2.24, 2.45) is 23.7 Å². The van der Waals surface area contributed by atoms with E-state index in [0.717, 1.165) is 29.7 Å². The highest BCUT2D eigenvalue weighted by Gasteiger charge is 2.40. The summed E-state index contributed by atoms with van der Waals surface area (Å²) in [6, 6.07) is 0.850. The minimum Gasteiger partial charge on any atom is -0.314 e. The highest BCUT2D eigenvalue weighted by Crippen LogP contribution is 2.50. The molecule has 5 unspecified atom stereocenters. The van der Waals surface area contributed by atoms with E-state index in [2.05, 4.69) is 12.2 Å². The Morgan fingerprint density at radius 2 is 2.07 bits per heavy atom. The van der Waals surface area contributed by atoms with Crippen molar-refractivity contribution >= 4 is 0 Å². The van der Waals surface area contributed by atoms with Crippen molar-refractivity contribution in [3.8, 4) is 0 Å². The molecule has 3 aliphatic rings. The van der Waals surface area contributed by atoms with Gasteiger partial charge in [-0.1, -0.05) is 13.3 Å². The van der Waals surface area contributed by atoms with Crippen molar-refractivity contribution in [2.75, 3.05) is 6.54 Å². The summed E-state index contributed by atoms with van der Waals surface area (Å²) in [5, 5.41) is 3.76. The Labute approximate surface area is 94.0 Å². The van der Waals surface area contributed by atoms with Crippen LogP contribution in [0.5, 0.6) is 0 Å². The second-order valence-electron chi connectivity index (χ2n) is 6.35. The van der Waals surface area contributed by atoms with Gasteiger partial charge in [0.1, 0.15) is 0 Å². The van der Waals surface area contributed by atoms with Crippen LogP contribution in [0.2, 0.25) is 0 Å². The molecule has 1 saturated heterocycles. The molecule has 0 aromatic heterocycles. The minimum atomic E-state index is 0.850. The van der Waals surface area contributed by atoms with E-state index < -0.39 is 0 Å². The van der Waals surface area contributed by atoms with E-state index in [1.165, 1.54) is 25.8 Å². The van der Waals surface area contributed by atoms with Gasteiger partial charge >= 0.3 is 0 Å². The molecule has 3 fully saturated rings. The molecular formula is C14H25N. The van der Waals surface area contributed by atoms with Crippen LogP contribution >= 0.6 is 0 Å². The fourth-order valence-corrected chi connectivity index (χ4v) is 4.42. The van der Waals surface area contributed by atoms with Crippen LogP contribution in [0.25, 0.3) is 0 Å². The zero-order valence-corrected chi connectivity index (χ0v) is 10.0. The number of piperidine rings is 1. The average Bonchev–Trinajstić information content (AvgIpc) is 2.83. The number of fused-ring (bicyclic) bond motifs is 2. The summed E-state index contributed by atoms with van der Waals surface area (Å²) in [6.07, 6.45) is 10.6. The second-order valence-corrected chi connectivity index (χ2v) is 6.35. The third kappa shape index (κ3) is 1.95. The van der Waals surface area contributed by atoms with Gasteiger partial charge in [0, 0.05) is 6.04 Å². The molecule has 2 saturated carbocycles. The van der Waals surface area contributed by atoms with E-state index in [0.29, 0.717) is 0 Å². The van der Waals surface area contributed by atoms with Crippen LogP contribution in [0.1, 0.15) is 51.9 Å². The van der Waals surface area contributed by atoms with Crippen LogP contribution in [-0.2, 0) is 0 Å². The third-order valence-corrected chi connectivity index (χ3v) is 5.37. The summed E-state index contributed by atoms with van der Waals surface area (Å²) in [6.45, 7) is 3.72. The Balaban J connectivity index is 1.56. The zero-order valence-electron chi connectivity index (χ0n) is 10.0. The number of nitrogens with one attached hydrogen (secondary N) is 1. The van der Waals surface area contributed by atoms with Gasteiger partial charge < -0.3 is 5.32 Å². The normalized spacial score (nSPS) is 49.8. The van der Waals surface area contributed by atoms with Crippen molar-refractivity contribution in [1.29, 1.82) is 0 Å². The lowest BCUT2D eigenvalue weighted by molar-refractivity contribution is 0.214. The topological polar surface area (TPSA) is 12.0 Å². The van der Waals surface area contributed by atoms with Crippen LogP contribution < -0.4 is 5.32 Å². The molecule has 3 rings (SSSR count). The fourth-order valence-electron chi connectivity index (χ4n) is 4.42. The lowest BCUT2D eigenvalue weighted by atomic mass is 9.79. The average molecular weight is 207 g/mol. The maximum atomic E-state index is 3.76. The quantitative estimate of drug-likeness (QED) is 0.733. The Morgan fingerprint density at radius 3 is 2.73 bits per heavy atom. The molecule has 86 valence electrons. The predicted octanol–water partition coefficient (Wildman–Crippen LogP) is 3.20. The molecule has 0 aromatic carbocycles. The first-order chi connectivity index (χ1) is 7.33. The summed E-state index contributed by atoms with van der Waals surface area (Å²) in [5.74, 6) is 4.25. The molecule has 2 bridgehead atoms. The van der Waals surface area contributed by atoms with Gasteiger partial charge in [-0.3, -0.25) is 0 Å². The molecule has 1 heteroatoms. The third-order valence-electron chi connectivity index (χ3n) is 5.37. The molecule has 0 amide bonds. The van der Waals surface area contributed by atoms with Gasteiger partial charge in [0.05, 0.1) is 0 Å². The monoisotopic (exact) mass is 207 g/mol. The summed E-state index contributed by atoms with van der Waals surface area (Å²) in [4.78, 5) is 0. The summed E-state index contributed by atoms with van der Waals surface area (Å²) < 4.78 is 0. The van der Waals surface area contributed by atoms with Gasteiger partial charge in [0.15, 0.2) is 0 Å². The second kappa shape index (κ2) is 4.08. The van der Waals surface area contributed by atoms with E-state index in [4.69, 9.17) is 0 Å². The molecule has 0 radical (unpaired) electrons. The highest BCUT2D eigenvalue weighted by molar-refractivity contribution is 4.93. The SMILES string of the molecule is CC1CCCNC1CC1CC2CCC1C2. The van der Waals surface area contributed by atoms with E-state index in [1.54, 1.807) is 25.7 Å². The van der Waals surface area contributed by atoms with Crippen LogP contribution in [0.4, 0.5) is 0 Å². The minimum absolute atomic E-state index is 0.850. The van der Waals surface area contributed by atoms with Crippen molar-refractivity contribution in [3.63, 3.8) is 0 Å². The van der Waals surface area contributed by atoms with Gasteiger partial charge in [-0.05, 0) is 68.7 Å². The summed E-state index contributed by atoms with van der Waals surface area (Å²) in [7, 11) is 0. The molecule has 1 N–H and O–H groups in total. The molecule has 1 aliphatic heterocycles. The van der Waals surface area contributed by atoms with Crippen LogP contribution in [0.15, 0.2) is 0 Å². The predicted molar refractivity (Wildman–Crippen MR) is 63.7 cm³/mol. The van der Waals surface area contributed by atoms with Crippen LogP contribution in [-0.4, -0.2) is 12.6 Å². The molecule has 1 heterocycles. The molecule has 1 nitrogen and oxygen atoms in total. The van der Waals surface area contributed by atoms with E-state index in [-0.39, 0.29) is 0 Å². The van der Waals surface area contributed by atoms with Gasteiger partial charge in [-0.25, -0.2) is 0 Å². The number of rotatable bonds is 2. The van der Waals surface area contributed by atoms with Gasteiger partial charge in [0.25, 0.3) is 0 Å². The standard InChI is InChI=1S/C14H25N/c1-10-3-2-6-15-14(10)9-13-8-11-4-5-12(13)7-11/h10-15H,2-9H2,1H3. The molecule has 15 heavy (non-hydrogen) atoms. The van der Waals surface area contributed by atoms with Crippen molar-refractivity contribution in [1.82, 2.24) is 5.32 Å². The lowest BCUT2D eigenvalue weighted by Gasteiger charge is -2.34. The highest BCUT2D eigenvalue weighted by atomic mass is 14.9. The van der Waals surface area contributed by atoms with Crippen molar-refractivity contribution < 1.29 is 0 Å². The molecular weight excluding hydrogens is 182 g/mol. The number of hydrogen-bond acceptors (Lipinski definition) is 1. The lowest BCUT2D eigenvalue weighted by Crippen LogP contribution is -2.41. The van der Waals surface area contributed by atoms with Crippen LogP contribution in [0.3, 0.4) is 0 Å². The zero-order chi connectivity index (χ0) is 10.3. The van der Waals surface area contributed by atoms with E-state index in [9.17, 15) is 0 Å². The van der Waals surface area contributed by atoms with E-state index >= 15 is 0 Å². The van der Waals surface area contributed by atoms with E-state index in [1.807, 2.05) is 0 Å². The van der Waals surface area contributed by atoms with Crippen molar-refractivity contribution in [3.05, 3.63) is 0 Å². The van der Waals surface area contributed by atoms with Gasteiger partial charge in [-0.15, -0.1) is 0 Å². The summed E-state index contributed by atoms with van der Waals surface area (Å²) >= 11 is 0. The van der Waals surface area contributed by atoms with Gasteiger partial charge in [-0.2, -0.15) is 0 Å². The molecule has 5 atom stereocenters. The Bertz CT molecular complexity index is 225. The first-order valence-corrected chi connectivity index (χ1v) is 7.06. The number of hydrogen-bond donors (Lipinski definition) is 1. The molecule has 0 spiro atoms. The molecule has 0 aromatic rings. The maximum absolute atomic E-state index is 3.76. The smallest absolute Gasteiger partial charge is 0.00954 e. The van der Waals surface area contributed by atoms with Crippen molar-refractivity contribution in [2.45, 2.75) is 57.9 Å². The first-order valence-electron chi connectivity index (χ1n) is 7.06.